The predicted octanol–water partition coefficient (Wildman–Crippen LogP) is 2.21. The van der Waals surface area contributed by atoms with Crippen molar-refractivity contribution in [2.45, 2.75) is 19.4 Å². The summed E-state index contributed by atoms with van der Waals surface area (Å²) in [5.41, 5.74) is 5.39. The lowest BCUT2D eigenvalue weighted by Gasteiger charge is -2.24. The molecule has 1 aliphatic heterocycles. The van der Waals surface area contributed by atoms with Crippen LogP contribution in [0, 0.1) is 11.6 Å². The summed E-state index contributed by atoms with van der Waals surface area (Å²) in [6, 6.07) is 2.04. The first-order chi connectivity index (χ1) is 8.56. The van der Waals surface area contributed by atoms with E-state index in [0.29, 0.717) is 13.0 Å². The first kappa shape index (κ1) is 12.5. The Kier molecular flexibility index (Phi) is 3.27. The van der Waals surface area contributed by atoms with Gasteiger partial charge in [0.25, 0.3) is 0 Å². The molecule has 6 heteroatoms. The van der Waals surface area contributed by atoms with Crippen molar-refractivity contribution in [2.24, 2.45) is 10.7 Å². The summed E-state index contributed by atoms with van der Waals surface area (Å²) >= 11 is 0. The van der Waals surface area contributed by atoms with Crippen molar-refractivity contribution in [3.05, 3.63) is 35.4 Å². The number of carbonyl (C=O) groups excluding carboxylic acids is 1. The lowest BCUT2D eigenvalue weighted by molar-refractivity contribution is 0.205. The zero-order valence-corrected chi connectivity index (χ0v) is 9.86. The van der Waals surface area contributed by atoms with Gasteiger partial charge in [-0.15, -0.1) is 0 Å². The average Bonchev–Trinajstić information content (AvgIpc) is 2.56. The highest BCUT2D eigenvalue weighted by molar-refractivity contribution is 6.03. The van der Waals surface area contributed by atoms with Gasteiger partial charge in [-0.3, -0.25) is 0 Å². The Balaban J connectivity index is 2.48. The summed E-state index contributed by atoms with van der Waals surface area (Å²) in [5.74, 6) is -1.53. The lowest BCUT2D eigenvalue weighted by atomic mass is 10.0. The molecule has 18 heavy (non-hydrogen) atoms. The molecule has 0 saturated heterocycles. The number of urea groups is 1. The second kappa shape index (κ2) is 4.72. The average molecular weight is 253 g/mol. The summed E-state index contributed by atoms with van der Waals surface area (Å²) in [6.07, 6.45) is 0.654. The summed E-state index contributed by atoms with van der Waals surface area (Å²) in [7, 11) is 0. The maximum atomic E-state index is 13.7. The summed E-state index contributed by atoms with van der Waals surface area (Å²) in [6.45, 7) is 2.21. The molecule has 1 aromatic rings. The van der Waals surface area contributed by atoms with Crippen LogP contribution >= 0.6 is 0 Å². The van der Waals surface area contributed by atoms with Gasteiger partial charge in [0.2, 0.25) is 0 Å². The van der Waals surface area contributed by atoms with Crippen LogP contribution in [-0.2, 0) is 0 Å². The number of carbonyl (C=O) groups is 1. The SMILES string of the molecule is CCCN1C(=O)N=C(N)C1c1c(F)cccc1F. The molecule has 2 rings (SSSR count). The normalized spacial score (nSPS) is 19.3. The maximum absolute atomic E-state index is 13.7. The fraction of sp³-hybridized carbons (Fsp3) is 0.333. The second-order valence-electron chi connectivity index (χ2n) is 4.05. The highest BCUT2D eigenvalue weighted by Crippen LogP contribution is 2.30. The van der Waals surface area contributed by atoms with Crippen LogP contribution in [0.2, 0.25) is 0 Å². The Hall–Kier alpha value is -1.98. The minimum Gasteiger partial charge on any atom is -0.385 e. The Bertz CT molecular complexity index is 496. The minimum atomic E-state index is -0.946. The number of rotatable bonds is 3. The van der Waals surface area contributed by atoms with E-state index in [0.717, 1.165) is 12.1 Å². The summed E-state index contributed by atoms with van der Waals surface area (Å²) in [4.78, 5) is 16.4. The number of benzene rings is 1. The van der Waals surface area contributed by atoms with E-state index >= 15 is 0 Å². The van der Waals surface area contributed by atoms with E-state index < -0.39 is 23.7 Å². The molecule has 0 saturated carbocycles. The van der Waals surface area contributed by atoms with Gasteiger partial charge in [0.05, 0.1) is 5.56 Å². The number of amidine groups is 1. The Labute approximate surface area is 103 Å². The number of hydrogen-bond donors (Lipinski definition) is 1. The molecule has 2 N–H and O–H groups in total. The topological polar surface area (TPSA) is 58.7 Å². The molecule has 1 atom stereocenters. The van der Waals surface area contributed by atoms with Gasteiger partial charge in [-0.2, -0.15) is 4.99 Å². The summed E-state index contributed by atoms with van der Waals surface area (Å²) < 4.78 is 27.5. The van der Waals surface area contributed by atoms with Gasteiger partial charge in [0.15, 0.2) is 0 Å². The van der Waals surface area contributed by atoms with Crippen molar-refractivity contribution in [3.63, 3.8) is 0 Å². The fourth-order valence-corrected chi connectivity index (χ4v) is 2.05. The molecule has 0 aromatic heterocycles. The third kappa shape index (κ3) is 1.94. The fourth-order valence-electron chi connectivity index (χ4n) is 2.05. The van der Waals surface area contributed by atoms with Gasteiger partial charge in [0, 0.05) is 6.54 Å². The molecule has 0 radical (unpaired) electrons. The maximum Gasteiger partial charge on any atom is 0.346 e. The first-order valence-corrected chi connectivity index (χ1v) is 5.64. The van der Waals surface area contributed by atoms with Crippen molar-refractivity contribution in [1.29, 1.82) is 0 Å². The molecule has 0 bridgehead atoms. The van der Waals surface area contributed by atoms with Gasteiger partial charge in [0.1, 0.15) is 23.5 Å². The van der Waals surface area contributed by atoms with Crippen LogP contribution in [0.25, 0.3) is 0 Å². The van der Waals surface area contributed by atoms with Crippen LogP contribution < -0.4 is 5.73 Å². The quantitative estimate of drug-likeness (QED) is 0.897. The van der Waals surface area contributed by atoms with E-state index in [9.17, 15) is 13.6 Å². The van der Waals surface area contributed by atoms with Crippen molar-refractivity contribution in [3.8, 4) is 0 Å². The van der Waals surface area contributed by atoms with Crippen LogP contribution in [0.4, 0.5) is 13.6 Å². The second-order valence-corrected chi connectivity index (χ2v) is 4.05. The van der Waals surface area contributed by atoms with Crippen molar-refractivity contribution in [1.82, 2.24) is 4.90 Å². The van der Waals surface area contributed by atoms with Crippen LogP contribution in [0.5, 0.6) is 0 Å². The van der Waals surface area contributed by atoms with Gasteiger partial charge < -0.3 is 10.6 Å². The van der Waals surface area contributed by atoms with Crippen LogP contribution in [0.1, 0.15) is 24.9 Å². The van der Waals surface area contributed by atoms with E-state index in [1.807, 2.05) is 6.92 Å². The zero-order valence-electron chi connectivity index (χ0n) is 9.86. The molecule has 2 amide bonds. The molecule has 1 aliphatic rings. The van der Waals surface area contributed by atoms with E-state index in [1.165, 1.54) is 11.0 Å². The van der Waals surface area contributed by atoms with E-state index in [-0.39, 0.29) is 11.4 Å². The van der Waals surface area contributed by atoms with Crippen molar-refractivity contribution in [2.75, 3.05) is 6.54 Å². The minimum absolute atomic E-state index is 0.0718. The standard InChI is InChI=1S/C12H13F2N3O/c1-2-6-17-10(11(15)16-12(17)18)9-7(13)4-3-5-8(9)14/h3-5,10H,2,6H2,1H3,(H2,15,16,18). The van der Waals surface area contributed by atoms with Gasteiger partial charge >= 0.3 is 6.03 Å². The van der Waals surface area contributed by atoms with Crippen molar-refractivity contribution >= 4 is 11.9 Å². The predicted molar refractivity (Wildman–Crippen MR) is 63.1 cm³/mol. The lowest BCUT2D eigenvalue weighted by Crippen LogP contribution is -2.35. The third-order valence-electron chi connectivity index (χ3n) is 2.80. The highest BCUT2D eigenvalue weighted by atomic mass is 19.1. The number of nitrogens with two attached hydrogens (primary N) is 1. The Morgan fingerprint density at radius 3 is 2.56 bits per heavy atom. The Morgan fingerprint density at radius 1 is 1.39 bits per heavy atom. The molecule has 0 aliphatic carbocycles. The number of halogens is 2. The van der Waals surface area contributed by atoms with Crippen LogP contribution in [0.3, 0.4) is 0 Å². The molecular formula is C12H13F2N3O. The molecule has 96 valence electrons. The number of nitrogens with zero attached hydrogens (tertiary/aromatic N) is 2. The Morgan fingerprint density at radius 2 is 2.00 bits per heavy atom. The monoisotopic (exact) mass is 253 g/mol. The smallest absolute Gasteiger partial charge is 0.346 e. The van der Waals surface area contributed by atoms with Crippen molar-refractivity contribution < 1.29 is 13.6 Å². The zero-order chi connectivity index (χ0) is 13.3. The molecular weight excluding hydrogens is 240 g/mol. The van der Waals surface area contributed by atoms with Gasteiger partial charge in [-0.1, -0.05) is 13.0 Å². The number of amides is 2. The van der Waals surface area contributed by atoms with Crippen LogP contribution in [0.15, 0.2) is 23.2 Å². The number of aliphatic imine (C=N–C) groups is 1. The van der Waals surface area contributed by atoms with E-state index in [4.69, 9.17) is 5.73 Å². The van der Waals surface area contributed by atoms with E-state index in [2.05, 4.69) is 4.99 Å². The molecule has 0 spiro atoms. The highest BCUT2D eigenvalue weighted by Gasteiger charge is 2.37. The third-order valence-corrected chi connectivity index (χ3v) is 2.80. The number of hydrogen-bond acceptors (Lipinski definition) is 2. The van der Waals surface area contributed by atoms with Gasteiger partial charge in [-0.25, -0.2) is 13.6 Å². The van der Waals surface area contributed by atoms with Crippen LogP contribution in [-0.4, -0.2) is 23.3 Å². The molecule has 1 unspecified atom stereocenters. The molecule has 4 nitrogen and oxygen atoms in total. The molecule has 0 fully saturated rings. The molecule has 1 heterocycles. The van der Waals surface area contributed by atoms with E-state index in [1.54, 1.807) is 0 Å². The molecule has 1 aromatic carbocycles. The summed E-state index contributed by atoms with van der Waals surface area (Å²) in [5, 5.41) is 0. The first-order valence-electron chi connectivity index (χ1n) is 5.64. The van der Waals surface area contributed by atoms with Gasteiger partial charge in [-0.05, 0) is 18.6 Å². The largest absolute Gasteiger partial charge is 0.385 e.